The van der Waals surface area contributed by atoms with Crippen molar-refractivity contribution in [3.05, 3.63) is 59.7 Å². The van der Waals surface area contributed by atoms with E-state index in [0.717, 1.165) is 35.5 Å². The molecule has 0 radical (unpaired) electrons. The third-order valence-corrected chi connectivity index (χ3v) is 7.02. The molecule has 2 N–H and O–H groups in total. The van der Waals surface area contributed by atoms with Crippen molar-refractivity contribution in [3.63, 3.8) is 0 Å². The summed E-state index contributed by atoms with van der Waals surface area (Å²) in [5.41, 5.74) is 1.93. The van der Waals surface area contributed by atoms with Gasteiger partial charge in [-0.3, -0.25) is 14.5 Å². The number of benzene rings is 2. The Kier molecular flexibility index (Phi) is 8.25. The van der Waals surface area contributed by atoms with Crippen LogP contribution in [0.2, 0.25) is 0 Å². The molecule has 2 amide bonds. The number of hydrogen-bond donors (Lipinski definition) is 2. The van der Waals surface area contributed by atoms with Gasteiger partial charge in [0.1, 0.15) is 11.5 Å². The molecule has 2 aliphatic rings. The summed E-state index contributed by atoms with van der Waals surface area (Å²) in [5, 5.41) is 13.4. The fraction of sp³-hybridized carbons (Fsp3) is 0.481. The molecule has 4 rings (SSSR count). The normalized spacial score (nSPS) is 21.1. The number of ether oxygens (including phenoxy) is 2. The summed E-state index contributed by atoms with van der Waals surface area (Å²) in [5.74, 6) is 1.57. The summed E-state index contributed by atoms with van der Waals surface area (Å²) >= 11 is 0. The molecule has 188 valence electrons. The predicted molar refractivity (Wildman–Crippen MR) is 132 cm³/mol. The Morgan fingerprint density at radius 2 is 1.71 bits per heavy atom. The monoisotopic (exact) mass is 481 g/mol. The number of β-amino-alcohol motifs (C(OH)–C–C–N with tert-alkyl or cyclic N) is 1. The van der Waals surface area contributed by atoms with Crippen LogP contribution in [0.5, 0.6) is 11.5 Å². The first-order chi connectivity index (χ1) is 17.0. The summed E-state index contributed by atoms with van der Waals surface area (Å²) in [6.45, 7) is 2.21. The quantitative estimate of drug-likeness (QED) is 0.599. The van der Waals surface area contributed by atoms with Gasteiger partial charge in [0.25, 0.3) is 0 Å². The minimum absolute atomic E-state index is 0.0672. The molecule has 2 saturated heterocycles. The van der Waals surface area contributed by atoms with E-state index in [-0.39, 0.29) is 23.9 Å². The van der Waals surface area contributed by atoms with Crippen molar-refractivity contribution in [1.82, 2.24) is 15.1 Å². The van der Waals surface area contributed by atoms with Gasteiger partial charge >= 0.3 is 0 Å². The molecule has 2 aromatic rings. The minimum Gasteiger partial charge on any atom is -0.497 e. The van der Waals surface area contributed by atoms with E-state index in [0.29, 0.717) is 39.0 Å². The van der Waals surface area contributed by atoms with Crippen molar-refractivity contribution in [2.24, 2.45) is 0 Å². The van der Waals surface area contributed by atoms with Crippen LogP contribution in [-0.2, 0) is 22.6 Å². The fourth-order valence-electron chi connectivity index (χ4n) is 5.07. The molecule has 2 atom stereocenters. The smallest absolute Gasteiger partial charge is 0.237 e. The third-order valence-electron chi connectivity index (χ3n) is 7.02. The van der Waals surface area contributed by atoms with Gasteiger partial charge in [0, 0.05) is 32.2 Å². The largest absolute Gasteiger partial charge is 0.497 e. The fourth-order valence-corrected chi connectivity index (χ4v) is 5.07. The first-order valence-corrected chi connectivity index (χ1v) is 12.2. The maximum atomic E-state index is 13.0. The van der Waals surface area contributed by atoms with Gasteiger partial charge in [0.2, 0.25) is 11.8 Å². The van der Waals surface area contributed by atoms with Crippen LogP contribution in [-0.4, -0.2) is 78.8 Å². The lowest BCUT2D eigenvalue weighted by atomic mass is 10.0. The van der Waals surface area contributed by atoms with E-state index in [1.54, 1.807) is 14.2 Å². The summed E-state index contributed by atoms with van der Waals surface area (Å²) in [6.07, 6.45) is 1.87. The van der Waals surface area contributed by atoms with E-state index in [1.165, 1.54) is 0 Å². The molecule has 2 fully saturated rings. The van der Waals surface area contributed by atoms with Crippen LogP contribution in [0.25, 0.3) is 0 Å². The van der Waals surface area contributed by atoms with Gasteiger partial charge in [-0.2, -0.15) is 0 Å². The number of rotatable bonds is 8. The average molecular weight is 482 g/mol. The number of carbonyl (C=O) groups excluding carboxylic acids is 2. The second-order valence-electron chi connectivity index (χ2n) is 9.31. The van der Waals surface area contributed by atoms with Gasteiger partial charge in [-0.25, -0.2) is 0 Å². The Morgan fingerprint density at radius 1 is 1.00 bits per heavy atom. The highest BCUT2D eigenvalue weighted by atomic mass is 16.5. The predicted octanol–water partition coefficient (Wildman–Crippen LogP) is 1.99. The maximum Gasteiger partial charge on any atom is 0.237 e. The van der Waals surface area contributed by atoms with Crippen molar-refractivity contribution >= 4 is 11.8 Å². The first-order valence-electron chi connectivity index (χ1n) is 12.2. The summed E-state index contributed by atoms with van der Waals surface area (Å²) < 4.78 is 10.4. The molecule has 2 heterocycles. The lowest BCUT2D eigenvalue weighted by Crippen LogP contribution is -2.52. The zero-order valence-electron chi connectivity index (χ0n) is 20.5. The standard InChI is InChI=1S/C27H35N3O5/c1-34-23-8-6-19(7-9-23)15-26(32)29-12-10-21(11-13-29)30-18-22(31)16-25(30)27(33)28-17-20-4-3-5-24(14-20)35-2/h3-9,14,21-22,25,31H,10-13,15-18H2,1-2H3,(H,28,33)/t22-,25+/m1/s1. The van der Waals surface area contributed by atoms with E-state index in [4.69, 9.17) is 9.47 Å². The first kappa shape index (κ1) is 25.0. The molecule has 2 aromatic carbocycles. The number of hydrogen-bond acceptors (Lipinski definition) is 6. The molecule has 8 nitrogen and oxygen atoms in total. The van der Waals surface area contributed by atoms with E-state index in [9.17, 15) is 14.7 Å². The Balaban J connectivity index is 1.29. The molecular weight excluding hydrogens is 446 g/mol. The number of nitrogens with zero attached hydrogens (tertiary/aromatic N) is 2. The number of amides is 2. The Labute approximate surface area is 206 Å². The zero-order chi connectivity index (χ0) is 24.8. The Hall–Kier alpha value is -3.10. The van der Waals surface area contributed by atoms with Gasteiger partial charge in [-0.05, 0) is 54.7 Å². The molecule has 0 aliphatic carbocycles. The number of aliphatic hydroxyl groups excluding tert-OH is 1. The lowest BCUT2D eigenvalue weighted by molar-refractivity contribution is -0.133. The summed E-state index contributed by atoms with van der Waals surface area (Å²) in [7, 11) is 3.24. The van der Waals surface area contributed by atoms with Crippen molar-refractivity contribution < 1.29 is 24.2 Å². The lowest BCUT2D eigenvalue weighted by Gasteiger charge is -2.39. The highest BCUT2D eigenvalue weighted by Gasteiger charge is 2.40. The summed E-state index contributed by atoms with van der Waals surface area (Å²) in [6, 6.07) is 15.0. The average Bonchev–Trinajstić information content (AvgIpc) is 3.29. The molecule has 8 heteroatoms. The van der Waals surface area contributed by atoms with E-state index >= 15 is 0 Å². The Morgan fingerprint density at radius 3 is 2.40 bits per heavy atom. The van der Waals surface area contributed by atoms with Crippen LogP contribution in [0.15, 0.2) is 48.5 Å². The number of carbonyl (C=O) groups is 2. The second kappa shape index (κ2) is 11.6. The van der Waals surface area contributed by atoms with E-state index < -0.39 is 6.10 Å². The number of piperidine rings is 1. The van der Waals surface area contributed by atoms with Gasteiger partial charge in [-0.1, -0.05) is 24.3 Å². The molecule has 2 aliphatic heterocycles. The number of methoxy groups -OCH3 is 2. The topological polar surface area (TPSA) is 91.3 Å². The van der Waals surface area contributed by atoms with Gasteiger partial charge in [0.15, 0.2) is 0 Å². The van der Waals surface area contributed by atoms with Gasteiger partial charge in [-0.15, -0.1) is 0 Å². The zero-order valence-corrected chi connectivity index (χ0v) is 20.5. The second-order valence-corrected chi connectivity index (χ2v) is 9.31. The molecule has 0 spiro atoms. The molecule has 35 heavy (non-hydrogen) atoms. The number of nitrogens with one attached hydrogen (secondary N) is 1. The van der Waals surface area contributed by atoms with Crippen LogP contribution in [0.4, 0.5) is 0 Å². The Bertz CT molecular complexity index is 1000. The van der Waals surface area contributed by atoms with Crippen LogP contribution >= 0.6 is 0 Å². The van der Waals surface area contributed by atoms with Gasteiger partial charge < -0.3 is 24.8 Å². The molecule has 0 aromatic heterocycles. The molecular formula is C27H35N3O5. The minimum atomic E-state index is -0.516. The van der Waals surface area contributed by atoms with Crippen molar-refractivity contribution in [1.29, 1.82) is 0 Å². The van der Waals surface area contributed by atoms with Crippen LogP contribution in [0, 0.1) is 0 Å². The van der Waals surface area contributed by atoms with Crippen LogP contribution < -0.4 is 14.8 Å². The van der Waals surface area contributed by atoms with Crippen LogP contribution in [0.1, 0.15) is 30.4 Å². The maximum absolute atomic E-state index is 13.0. The highest BCUT2D eigenvalue weighted by molar-refractivity contribution is 5.82. The van der Waals surface area contributed by atoms with Crippen LogP contribution in [0.3, 0.4) is 0 Å². The number of likely N-dealkylation sites (tertiary alicyclic amines) is 2. The van der Waals surface area contributed by atoms with Crippen molar-refractivity contribution in [2.75, 3.05) is 33.9 Å². The molecule has 0 saturated carbocycles. The SMILES string of the molecule is COc1ccc(CC(=O)N2CCC(N3C[C@H](O)C[C@H]3C(=O)NCc3cccc(OC)c3)CC2)cc1. The number of aliphatic hydroxyl groups is 1. The van der Waals surface area contributed by atoms with E-state index in [1.807, 2.05) is 53.4 Å². The highest BCUT2D eigenvalue weighted by Crippen LogP contribution is 2.27. The molecule has 0 unspecified atom stereocenters. The van der Waals surface area contributed by atoms with Crippen molar-refractivity contribution in [3.8, 4) is 11.5 Å². The summed E-state index contributed by atoms with van der Waals surface area (Å²) in [4.78, 5) is 29.9. The molecule has 0 bridgehead atoms. The van der Waals surface area contributed by atoms with Gasteiger partial charge in [0.05, 0.1) is 32.8 Å². The van der Waals surface area contributed by atoms with Crippen molar-refractivity contribution in [2.45, 2.75) is 50.4 Å². The van der Waals surface area contributed by atoms with E-state index in [2.05, 4.69) is 10.2 Å². The third kappa shape index (κ3) is 6.32.